The Morgan fingerprint density at radius 2 is 1.64 bits per heavy atom. The zero-order chi connectivity index (χ0) is 30.2. The van der Waals surface area contributed by atoms with Gasteiger partial charge in [0.15, 0.2) is 45.6 Å². The van der Waals surface area contributed by atoms with Gasteiger partial charge >= 0.3 is 17.1 Å². The van der Waals surface area contributed by atoms with Gasteiger partial charge in [-0.15, -0.1) is 0 Å². The third-order valence-corrected chi connectivity index (χ3v) is 7.09. The maximum Gasteiger partial charge on any atom is 0.480 e. The molecular formula is C20H28F6N4O7S2. The number of pyridine rings is 1. The molecule has 0 aromatic carbocycles. The molecule has 0 saturated carbocycles. The van der Waals surface area contributed by atoms with E-state index in [1.54, 1.807) is 0 Å². The maximum atomic E-state index is 11.6. The minimum Gasteiger partial charge on any atom is -0.443 e. The number of halogens is 6. The van der Waals surface area contributed by atoms with E-state index in [0.29, 0.717) is 26.2 Å². The van der Waals surface area contributed by atoms with Gasteiger partial charge in [-0.3, -0.25) is 0 Å². The summed E-state index contributed by atoms with van der Waals surface area (Å²) in [6.07, 6.45) is 11.2. The van der Waals surface area contributed by atoms with Crippen LogP contribution in [0.5, 0.6) is 0 Å². The average molecular weight is 615 g/mol. The fourth-order valence-electron chi connectivity index (χ4n) is 2.57. The summed E-state index contributed by atoms with van der Waals surface area (Å²) in [4.78, 5) is 25.0. The molecule has 1 aromatic heterocycles. The second kappa shape index (κ2) is 17.0. The highest BCUT2D eigenvalue weighted by molar-refractivity contribution is 8.13. The van der Waals surface area contributed by atoms with Crippen LogP contribution in [0.15, 0.2) is 29.5 Å². The number of unbranched alkanes of at least 4 members (excludes halogenated alkanes) is 3. The van der Waals surface area contributed by atoms with Crippen molar-refractivity contribution in [1.82, 2.24) is 5.32 Å². The number of hydrogen-bond acceptors (Lipinski definition) is 8. The van der Waals surface area contributed by atoms with Crippen LogP contribution in [0.2, 0.25) is 0 Å². The van der Waals surface area contributed by atoms with Gasteiger partial charge in [0.2, 0.25) is 6.08 Å². The second-order valence-electron chi connectivity index (χ2n) is 7.57. The van der Waals surface area contributed by atoms with Crippen molar-refractivity contribution in [2.24, 2.45) is 4.99 Å². The molecule has 224 valence electrons. The largest absolute Gasteiger partial charge is 0.480 e. The van der Waals surface area contributed by atoms with Gasteiger partial charge in [0.1, 0.15) is 0 Å². The number of nitrogens with one attached hydrogen (secondary N) is 1. The van der Waals surface area contributed by atoms with E-state index in [2.05, 4.69) is 29.5 Å². The minimum absolute atomic E-state index is 0.357. The Morgan fingerprint density at radius 1 is 1.05 bits per heavy atom. The molecule has 1 heterocycles. The first-order chi connectivity index (χ1) is 18.0. The molecule has 0 fully saturated rings. The number of amides is 1. The van der Waals surface area contributed by atoms with Crippen LogP contribution in [-0.2, 0) is 42.5 Å². The average Bonchev–Trinajstić information content (AvgIpc) is 2.80. The molecule has 1 aromatic rings. The van der Waals surface area contributed by atoms with Gasteiger partial charge in [-0.05, 0) is 25.3 Å². The number of sulfonamides is 2. The molecule has 1 N–H and O–H groups in total. The van der Waals surface area contributed by atoms with Gasteiger partial charge in [0.25, 0.3) is 0 Å². The lowest BCUT2D eigenvalue weighted by atomic mass is 10.2. The summed E-state index contributed by atoms with van der Waals surface area (Å²) in [5.41, 5.74) is -11.1. The summed E-state index contributed by atoms with van der Waals surface area (Å²) in [5, 5.41) is 2.75. The van der Waals surface area contributed by atoms with Crippen molar-refractivity contribution in [2.75, 3.05) is 19.7 Å². The van der Waals surface area contributed by atoms with E-state index in [-0.39, 0.29) is 6.09 Å². The zero-order valence-electron chi connectivity index (χ0n) is 20.7. The topological polar surface area (TPSA) is 154 Å². The highest BCUT2D eigenvalue weighted by Crippen LogP contribution is 2.36. The molecule has 0 unspecified atom stereocenters. The van der Waals surface area contributed by atoms with Gasteiger partial charge in [0, 0.05) is 18.2 Å². The molecule has 0 aliphatic carbocycles. The molecule has 0 atom stereocenters. The summed E-state index contributed by atoms with van der Waals surface area (Å²) in [6.45, 7) is 4.31. The maximum absolute atomic E-state index is 11.6. The molecule has 11 nitrogen and oxygen atoms in total. The van der Waals surface area contributed by atoms with Crippen LogP contribution in [0.3, 0.4) is 0 Å². The zero-order valence-corrected chi connectivity index (χ0v) is 22.3. The smallest absolute Gasteiger partial charge is 0.443 e. The first kappa shape index (κ1) is 36.2. The third kappa shape index (κ3) is 15.4. The third-order valence-electron chi connectivity index (χ3n) is 4.35. The van der Waals surface area contributed by atoms with E-state index in [1.165, 1.54) is 11.6 Å². The van der Waals surface area contributed by atoms with E-state index in [9.17, 15) is 52.8 Å². The van der Waals surface area contributed by atoms with E-state index in [0.717, 1.165) is 42.7 Å². The fraction of sp³-hybridized carbons (Fsp3) is 0.650. The SMILES string of the molecule is CCCc1ccc[n+](CCOC(=O)NCCCCCCN=C=O)c1.O=S(=O)([N-]S(=O)(=O)C(F)(F)F)C(F)(F)F. The Kier molecular flexibility index (Phi) is 15.8. The lowest BCUT2D eigenvalue weighted by molar-refractivity contribution is -0.698. The quantitative estimate of drug-likeness (QED) is 0.110. The summed E-state index contributed by atoms with van der Waals surface area (Å²) in [5.74, 6) is 0. The van der Waals surface area contributed by atoms with Crippen molar-refractivity contribution < 1.29 is 62.1 Å². The summed E-state index contributed by atoms with van der Waals surface area (Å²) < 4.78 is 116. The number of carbonyl (C=O) groups is 1. The fourth-order valence-corrected chi connectivity index (χ4v) is 4.28. The number of isocyanates is 1. The summed E-state index contributed by atoms with van der Waals surface area (Å²) in [6, 6.07) is 4.13. The Bertz CT molecular complexity index is 1110. The van der Waals surface area contributed by atoms with Crippen molar-refractivity contribution in [1.29, 1.82) is 0 Å². The number of rotatable bonds is 14. The molecule has 0 aliphatic rings. The van der Waals surface area contributed by atoms with Crippen LogP contribution < -0.4 is 9.88 Å². The number of carbonyl (C=O) groups excluding carboxylic acids is 2. The van der Waals surface area contributed by atoms with Gasteiger partial charge in [0.05, 0.1) is 6.54 Å². The number of alkyl carbamates (subject to hydrolysis) is 1. The van der Waals surface area contributed by atoms with Crippen molar-refractivity contribution in [3.05, 3.63) is 34.2 Å². The first-order valence-electron chi connectivity index (χ1n) is 11.3. The van der Waals surface area contributed by atoms with Crippen LogP contribution in [0.4, 0.5) is 31.1 Å². The lowest BCUT2D eigenvalue weighted by Gasteiger charge is -2.22. The van der Waals surface area contributed by atoms with Gasteiger partial charge < -0.3 is 14.2 Å². The Labute approximate surface area is 221 Å². The summed E-state index contributed by atoms with van der Waals surface area (Å²) >= 11 is 0. The normalized spacial score (nSPS) is 12.1. The predicted molar refractivity (Wildman–Crippen MR) is 125 cm³/mol. The molecule has 0 spiro atoms. The van der Waals surface area contributed by atoms with E-state index >= 15 is 0 Å². The molecule has 39 heavy (non-hydrogen) atoms. The predicted octanol–water partition coefficient (Wildman–Crippen LogP) is 3.61. The number of aromatic nitrogens is 1. The molecule has 0 radical (unpaired) electrons. The highest BCUT2D eigenvalue weighted by atomic mass is 32.3. The van der Waals surface area contributed by atoms with Crippen molar-refractivity contribution in [3.8, 4) is 0 Å². The molecular weight excluding hydrogens is 586 g/mol. The number of alkyl halides is 6. The minimum atomic E-state index is -6.72. The van der Waals surface area contributed by atoms with Crippen molar-refractivity contribution >= 4 is 32.2 Å². The van der Waals surface area contributed by atoms with Crippen molar-refractivity contribution in [3.63, 3.8) is 0 Å². The molecule has 1 amide bonds. The molecule has 19 heteroatoms. The van der Waals surface area contributed by atoms with Gasteiger partial charge in [-0.25, -0.2) is 36.0 Å². The second-order valence-corrected chi connectivity index (χ2v) is 11.0. The lowest BCUT2D eigenvalue weighted by Crippen LogP contribution is -2.37. The number of ether oxygens (including phenoxy) is 1. The first-order valence-corrected chi connectivity index (χ1v) is 14.1. The standard InChI is InChI=1S/C18H27N3O3.C2F6NO4S2/c1-2-8-17-9-7-12-21(15-17)13-14-24-18(23)20-11-6-4-3-5-10-19-16-22;3-1(4,5)14(10,11)9-15(12,13)2(6,7)8/h7,9,12,15H,2-6,8,10-11,13-14H2,1H3;/q;-1/p+1. The van der Waals surface area contributed by atoms with Crippen LogP contribution >= 0.6 is 0 Å². The van der Waals surface area contributed by atoms with Crippen molar-refractivity contribution in [2.45, 2.75) is 63.0 Å². The Morgan fingerprint density at radius 3 is 2.18 bits per heavy atom. The van der Waals surface area contributed by atoms with Crippen LogP contribution in [0.1, 0.15) is 44.6 Å². The monoisotopic (exact) mass is 614 g/mol. The van der Waals surface area contributed by atoms with E-state index in [4.69, 9.17) is 4.74 Å². The number of nitrogens with zero attached hydrogens (tertiary/aromatic N) is 3. The number of aryl methyl sites for hydroxylation is 1. The van der Waals surface area contributed by atoms with E-state index < -0.39 is 31.1 Å². The highest BCUT2D eigenvalue weighted by Gasteiger charge is 2.46. The van der Waals surface area contributed by atoms with E-state index in [1.807, 2.05) is 16.8 Å². The van der Waals surface area contributed by atoms with Gasteiger partial charge in [-0.1, -0.05) is 26.2 Å². The Hall–Kier alpha value is -2.76. The Balaban J connectivity index is 0.000000830. The van der Waals surface area contributed by atoms with Gasteiger partial charge in [-0.2, -0.15) is 26.3 Å². The van der Waals surface area contributed by atoms with Crippen LogP contribution in [0, 0.1) is 0 Å². The molecule has 0 aliphatic heterocycles. The molecule has 0 saturated heterocycles. The van der Waals surface area contributed by atoms with Crippen LogP contribution in [-0.4, -0.2) is 59.7 Å². The summed E-state index contributed by atoms with van der Waals surface area (Å²) in [7, 11) is -13.4. The number of hydrogen-bond donors (Lipinski definition) is 1. The molecule has 0 bridgehead atoms. The molecule has 1 rings (SSSR count). The number of aliphatic imine (C=N–C) groups is 1. The van der Waals surface area contributed by atoms with Crippen LogP contribution in [0.25, 0.3) is 4.13 Å².